The first-order valence-electron chi connectivity index (χ1n) is 9.00. The predicted molar refractivity (Wildman–Crippen MR) is 89.9 cm³/mol. The summed E-state index contributed by atoms with van der Waals surface area (Å²) in [4.78, 5) is 14.7. The van der Waals surface area contributed by atoms with Crippen LogP contribution in [-0.2, 0) is 6.42 Å². The van der Waals surface area contributed by atoms with Crippen molar-refractivity contribution in [3.05, 3.63) is 35.6 Å². The molecular formula is C19H27FN2O. The zero-order valence-electron chi connectivity index (χ0n) is 13.8. The van der Waals surface area contributed by atoms with E-state index in [1.807, 2.05) is 12.1 Å². The molecule has 0 aromatic heterocycles. The highest BCUT2D eigenvalue weighted by Crippen LogP contribution is 2.41. The maximum absolute atomic E-state index is 12.9. The number of aryl methyl sites for hydroxylation is 1. The number of amides is 2. The second-order valence-corrected chi connectivity index (χ2v) is 7.00. The number of carbonyl (C=O) groups excluding carboxylic acids is 1. The Kier molecular flexibility index (Phi) is 5.19. The molecule has 1 saturated carbocycles. The summed E-state index contributed by atoms with van der Waals surface area (Å²) < 4.78 is 12.9. The van der Waals surface area contributed by atoms with Crippen molar-refractivity contribution >= 4 is 6.03 Å². The Balaban J connectivity index is 1.46. The van der Waals surface area contributed by atoms with E-state index < -0.39 is 0 Å². The number of nitrogens with one attached hydrogen (secondary N) is 1. The zero-order chi connectivity index (χ0) is 16.1. The van der Waals surface area contributed by atoms with E-state index in [2.05, 4.69) is 10.2 Å². The van der Waals surface area contributed by atoms with E-state index in [-0.39, 0.29) is 17.4 Å². The number of piperidine rings is 1. The van der Waals surface area contributed by atoms with Crippen LogP contribution in [0.4, 0.5) is 9.18 Å². The number of rotatable bonds is 4. The first kappa shape index (κ1) is 16.3. The summed E-state index contributed by atoms with van der Waals surface area (Å²) >= 11 is 0. The number of hydrogen-bond donors (Lipinski definition) is 1. The van der Waals surface area contributed by atoms with E-state index in [9.17, 15) is 9.18 Å². The van der Waals surface area contributed by atoms with E-state index in [1.165, 1.54) is 50.7 Å². The second-order valence-electron chi connectivity index (χ2n) is 7.00. The largest absolute Gasteiger partial charge is 0.338 e. The smallest absolute Gasteiger partial charge is 0.317 e. The Labute approximate surface area is 138 Å². The second kappa shape index (κ2) is 7.33. The molecular weight excluding hydrogens is 291 g/mol. The highest BCUT2D eigenvalue weighted by Gasteiger charge is 2.43. The normalized spacial score (nSPS) is 20.0. The molecule has 4 heteroatoms. The molecule has 1 spiro atoms. The van der Waals surface area contributed by atoms with Crippen LogP contribution in [-0.4, -0.2) is 29.6 Å². The highest BCUT2D eigenvalue weighted by atomic mass is 19.1. The minimum absolute atomic E-state index is 0.116. The molecule has 1 aromatic carbocycles. The van der Waals surface area contributed by atoms with Gasteiger partial charge in [-0.05, 0) is 62.6 Å². The number of hydrogen-bond acceptors (Lipinski definition) is 1. The van der Waals surface area contributed by atoms with E-state index in [0.29, 0.717) is 6.54 Å². The fraction of sp³-hybridized carbons (Fsp3) is 0.632. The molecule has 2 amide bonds. The van der Waals surface area contributed by atoms with Gasteiger partial charge >= 0.3 is 6.03 Å². The summed E-state index contributed by atoms with van der Waals surface area (Å²) in [6.07, 6.45) is 10.2. The molecule has 1 saturated heterocycles. The van der Waals surface area contributed by atoms with Crippen LogP contribution < -0.4 is 5.32 Å². The molecule has 1 aliphatic carbocycles. The molecule has 0 radical (unpaired) electrons. The standard InChI is InChI=1S/C19H27FN2O/c20-17-9-7-16(8-10-17)6-5-14-21-18(23)22-15-4-3-13-19(22)11-1-2-12-19/h7-10H,1-6,11-15H2,(H,21,23). The predicted octanol–water partition coefficient (Wildman–Crippen LogP) is 4.27. The number of likely N-dealkylation sites (tertiary alicyclic amines) is 1. The Morgan fingerprint density at radius 2 is 1.74 bits per heavy atom. The van der Waals surface area contributed by atoms with Crippen LogP contribution in [0.15, 0.2) is 24.3 Å². The lowest BCUT2D eigenvalue weighted by Gasteiger charge is -2.45. The number of halogens is 1. The van der Waals surface area contributed by atoms with Gasteiger partial charge < -0.3 is 10.2 Å². The topological polar surface area (TPSA) is 32.3 Å². The fourth-order valence-corrected chi connectivity index (χ4v) is 4.20. The lowest BCUT2D eigenvalue weighted by molar-refractivity contribution is 0.0806. The van der Waals surface area contributed by atoms with Crippen molar-refractivity contribution in [1.29, 1.82) is 0 Å². The van der Waals surface area contributed by atoms with Crippen LogP contribution in [0.3, 0.4) is 0 Å². The third-order valence-corrected chi connectivity index (χ3v) is 5.46. The zero-order valence-corrected chi connectivity index (χ0v) is 13.8. The Morgan fingerprint density at radius 3 is 2.43 bits per heavy atom. The minimum atomic E-state index is -0.200. The summed E-state index contributed by atoms with van der Waals surface area (Å²) in [6, 6.07) is 6.73. The van der Waals surface area contributed by atoms with Gasteiger partial charge in [0.05, 0.1) is 0 Å². The molecule has 0 bridgehead atoms. The van der Waals surface area contributed by atoms with Crippen molar-refractivity contribution in [3.8, 4) is 0 Å². The minimum Gasteiger partial charge on any atom is -0.338 e. The van der Waals surface area contributed by atoms with Gasteiger partial charge in [0.2, 0.25) is 0 Å². The quantitative estimate of drug-likeness (QED) is 0.826. The summed E-state index contributed by atoms with van der Waals surface area (Å²) in [7, 11) is 0. The monoisotopic (exact) mass is 318 g/mol. The van der Waals surface area contributed by atoms with Crippen LogP contribution >= 0.6 is 0 Å². The van der Waals surface area contributed by atoms with Gasteiger partial charge in [0.1, 0.15) is 5.82 Å². The third kappa shape index (κ3) is 3.85. The third-order valence-electron chi connectivity index (χ3n) is 5.46. The van der Waals surface area contributed by atoms with Crippen molar-refractivity contribution in [2.24, 2.45) is 0 Å². The van der Waals surface area contributed by atoms with Gasteiger partial charge in [-0.15, -0.1) is 0 Å². The number of benzene rings is 1. The van der Waals surface area contributed by atoms with E-state index >= 15 is 0 Å². The van der Waals surface area contributed by atoms with Crippen LogP contribution in [0.25, 0.3) is 0 Å². The lowest BCUT2D eigenvalue weighted by atomic mass is 9.85. The van der Waals surface area contributed by atoms with Crippen molar-refractivity contribution in [2.45, 2.75) is 63.3 Å². The Bertz CT molecular complexity index is 523. The average molecular weight is 318 g/mol. The van der Waals surface area contributed by atoms with E-state index in [0.717, 1.165) is 31.4 Å². The number of nitrogens with zero attached hydrogens (tertiary/aromatic N) is 1. The molecule has 1 aromatic rings. The Hall–Kier alpha value is -1.58. The molecule has 2 fully saturated rings. The number of carbonyl (C=O) groups is 1. The van der Waals surface area contributed by atoms with Gasteiger partial charge in [-0.3, -0.25) is 0 Å². The summed E-state index contributed by atoms with van der Waals surface area (Å²) in [5.74, 6) is -0.200. The summed E-state index contributed by atoms with van der Waals surface area (Å²) in [5, 5.41) is 3.10. The molecule has 126 valence electrons. The van der Waals surface area contributed by atoms with Gasteiger partial charge in [-0.1, -0.05) is 25.0 Å². The van der Waals surface area contributed by atoms with Crippen molar-refractivity contribution < 1.29 is 9.18 Å². The molecule has 1 N–H and O–H groups in total. The van der Waals surface area contributed by atoms with Crippen LogP contribution in [0.1, 0.15) is 56.9 Å². The maximum Gasteiger partial charge on any atom is 0.317 e. The van der Waals surface area contributed by atoms with Crippen LogP contribution in [0.5, 0.6) is 0 Å². The summed E-state index contributed by atoms with van der Waals surface area (Å²) in [5.41, 5.74) is 1.27. The van der Waals surface area contributed by atoms with Crippen molar-refractivity contribution in [1.82, 2.24) is 10.2 Å². The van der Waals surface area contributed by atoms with Crippen LogP contribution in [0, 0.1) is 5.82 Å². The number of urea groups is 1. The molecule has 3 rings (SSSR count). The maximum atomic E-state index is 12.9. The fourth-order valence-electron chi connectivity index (χ4n) is 4.20. The molecule has 2 aliphatic rings. The van der Waals surface area contributed by atoms with Gasteiger partial charge in [0.15, 0.2) is 0 Å². The molecule has 0 atom stereocenters. The first-order chi connectivity index (χ1) is 11.2. The van der Waals surface area contributed by atoms with E-state index in [1.54, 1.807) is 0 Å². The first-order valence-corrected chi connectivity index (χ1v) is 9.00. The SMILES string of the molecule is O=C(NCCCc1ccc(F)cc1)N1CCCCC12CCCC2. The van der Waals surface area contributed by atoms with Gasteiger partial charge in [-0.25, -0.2) is 9.18 Å². The molecule has 1 aliphatic heterocycles. The summed E-state index contributed by atoms with van der Waals surface area (Å²) in [6.45, 7) is 1.59. The Morgan fingerprint density at radius 1 is 1.09 bits per heavy atom. The molecule has 1 heterocycles. The average Bonchev–Trinajstić information content (AvgIpc) is 3.02. The van der Waals surface area contributed by atoms with Gasteiger partial charge in [0, 0.05) is 18.6 Å². The van der Waals surface area contributed by atoms with Crippen molar-refractivity contribution in [2.75, 3.05) is 13.1 Å². The van der Waals surface area contributed by atoms with Gasteiger partial charge in [0.25, 0.3) is 0 Å². The van der Waals surface area contributed by atoms with Crippen molar-refractivity contribution in [3.63, 3.8) is 0 Å². The molecule has 0 unspecified atom stereocenters. The molecule has 23 heavy (non-hydrogen) atoms. The van der Waals surface area contributed by atoms with Gasteiger partial charge in [-0.2, -0.15) is 0 Å². The van der Waals surface area contributed by atoms with E-state index in [4.69, 9.17) is 0 Å². The highest BCUT2D eigenvalue weighted by molar-refractivity contribution is 5.75. The lowest BCUT2D eigenvalue weighted by Crippen LogP contribution is -2.56. The molecule has 3 nitrogen and oxygen atoms in total. The van der Waals surface area contributed by atoms with Crippen LogP contribution in [0.2, 0.25) is 0 Å².